The van der Waals surface area contributed by atoms with E-state index in [1.54, 1.807) is 24.0 Å². The largest absolute Gasteiger partial charge is 0.447 e. The number of carbonyl (C=O) groups excluding carboxylic acids is 2. The highest BCUT2D eigenvalue weighted by Crippen LogP contribution is 2.20. The van der Waals surface area contributed by atoms with E-state index in [0.29, 0.717) is 26.2 Å². The Kier molecular flexibility index (Phi) is 7.61. The van der Waals surface area contributed by atoms with Gasteiger partial charge in [-0.25, -0.2) is 9.59 Å². The first-order valence-corrected chi connectivity index (χ1v) is 8.07. The second-order valence-electron chi connectivity index (χ2n) is 6.92. The molecule has 134 valence electrons. The summed E-state index contributed by atoms with van der Waals surface area (Å²) in [4.78, 5) is 27.3. The van der Waals surface area contributed by atoms with Crippen LogP contribution in [0.3, 0.4) is 0 Å². The first-order valence-electron chi connectivity index (χ1n) is 8.07. The van der Waals surface area contributed by atoms with Gasteiger partial charge >= 0.3 is 12.2 Å². The molecule has 0 bridgehead atoms. The van der Waals surface area contributed by atoms with Gasteiger partial charge in [-0.2, -0.15) is 0 Å². The van der Waals surface area contributed by atoms with E-state index in [1.165, 1.54) is 0 Å². The van der Waals surface area contributed by atoms with Gasteiger partial charge in [0.2, 0.25) is 0 Å². The lowest BCUT2D eigenvalue weighted by Gasteiger charge is -2.35. The lowest BCUT2D eigenvalue weighted by atomic mass is 9.98. The molecule has 23 heavy (non-hydrogen) atoms. The summed E-state index contributed by atoms with van der Waals surface area (Å²) >= 11 is 0. The molecule has 7 heteroatoms. The third kappa shape index (κ3) is 7.54. The number of likely N-dealkylation sites (tertiary alicyclic amines) is 1. The Morgan fingerprint density at radius 1 is 1.26 bits per heavy atom. The van der Waals surface area contributed by atoms with Gasteiger partial charge in [0.1, 0.15) is 12.2 Å². The smallest absolute Gasteiger partial charge is 0.410 e. The number of nitrogens with zero attached hydrogens (tertiary/aromatic N) is 2. The Morgan fingerprint density at radius 3 is 2.57 bits per heavy atom. The second-order valence-corrected chi connectivity index (χ2v) is 6.92. The van der Waals surface area contributed by atoms with Crippen LogP contribution in [0.1, 0.15) is 33.6 Å². The van der Waals surface area contributed by atoms with Crippen molar-refractivity contribution >= 4 is 12.2 Å². The van der Waals surface area contributed by atoms with Crippen LogP contribution < -0.4 is 0 Å². The van der Waals surface area contributed by atoms with E-state index < -0.39 is 5.60 Å². The van der Waals surface area contributed by atoms with E-state index in [1.807, 2.05) is 20.8 Å². The zero-order valence-electron chi connectivity index (χ0n) is 15.0. The first kappa shape index (κ1) is 19.5. The van der Waals surface area contributed by atoms with E-state index in [0.717, 1.165) is 12.8 Å². The van der Waals surface area contributed by atoms with E-state index in [9.17, 15) is 9.59 Å². The summed E-state index contributed by atoms with van der Waals surface area (Å²) in [6.07, 6.45) is 1.25. The predicted octanol–water partition coefficient (Wildman–Crippen LogP) is 2.35. The molecule has 1 fully saturated rings. The van der Waals surface area contributed by atoms with Gasteiger partial charge in [-0.05, 0) is 39.5 Å². The van der Waals surface area contributed by atoms with Crippen molar-refractivity contribution in [1.82, 2.24) is 9.80 Å². The average molecular weight is 330 g/mol. The van der Waals surface area contributed by atoms with Crippen molar-refractivity contribution in [3.8, 4) is 0 Å². The molecule has 0 aromatic carbocycles. The number of hydrogen-bond donors (Lipinski definition) is 0. The van der Waals surface area contributed by atoms with Gasteiger partial charge in [0.15, 0.2) is 0 Å². The normalized spacial score (nSPS) is 18.5. The van der Waals surface area contributed by atoms with E-state index >= 15 is 0 Å². The fourth-order valence-corrected chi connectivity index (χ4v) is 2.49. The van der Waals surface area contributed by atoms with Crippen molar-refractivity contribution < 1.29 is 23.8 Å². The maximum atomic E-state index is 12.1. The van der Waals surface area contributed by atoms with Crippen molar-refractivity contribution in [2.24, 2.45) is 5.92 Å². The minimum absolute atomic E-state index is 0.233. The molecule has 0 aromatic heterocycles. The second kappa shape index (κ2) is 8.96. The number of carbonyl (C=O) groups is 2. The average Bonchev–Trinajstić information content (AvgIpc) is 2.46. The molecule has 7 nitrogen and oxygen atoms in total. The highest BCUT2D eigenvalue weighted by molar-refractivity contribution is 5.68. The molecule has 0 spiro atoms. The van der Waals surface area contributed by atoms with Crippen LogP contribution in [0.2, 0.25) is 0 Å². The van der Waals surface area contributed by atoms with Gasteiger partial charge in [0, 0.05) is 33.8 Å². The highest BCUT2D eigenvalue weighted by atomic mass is 16.6. The number of amides is 2. The molecule has 1 heterocycles. The number of rotatable bonds is 5. The van der Waals surface area contributed by atoms with Gasteiger partial charge < -0.3 is 24.0 Å². The summed E-state index contributed by atoms with van der Waals surface area (Å²) in [7, 11) is 3.27. The maximum absolute atomic E-state index is 12.1. The summed E-state index contributed by atoms with van der Waals surface area (Å²) in [5, 5.41) is 0. The molecule has 2 amide bonds. The van der Waals surface area contributed by atoms with Gasteiger partial charge in [0.25, 0.3) is 0 Å². The molecule has 1 aliphatic rings. The minimum atomic E-state index is -0.494. The SMILES string of the molecule is COCCOC(=O)N(C)C[C@@H]1CCCN(C(=O)OC(C)(C)C)C1. The monoisotopic (exact) mass is 330 g/mol. The van der Waals surface area contributed by atoms with E-state index in [4.69, 9.17) is 14.2 Å². The molecule has 0 aromatic rings. The van der Waals surface area contributed by atoms with Gasteiger partial charge in [-0.1, -0.05) is 0 Å². The fourth-order valence-electron chi connectivity index (χ4n) is 2.49. The van der Waals surface area contributed by atoms with Crippen molar-refractivity contribution in [2.45, 2.75) is 39.2 Å². The van der Waals surface area contributed by atoms with Crippen LogP contribution in [0.25, 0.3) is 0 Å². The van der Waals surface area contributed by atoms with Crippen LogP contribution in [0, 0.1) is 5.92 Å². The molecule has 0 unspecified atom stereocenters. The Labute approximate surface area is 138 Å². The maximum Gasteiger partial charge on any atom is 0.410 e. The highest BCUT2D eigenvalue weighted by Gasteiger charge is 2.28. The molecule has 0 aliphatic carbocycles. The Hall–Kier alpha value is -1.50. The predicted molar refractivity (Wildman–Crippen MR) is 86.4 cm³/mol. The number of ether oxygens (including phenoxy) is 3. The molecule has 0 radical (unpaired) electrons. The van der Waals surface area contributed by atoms with Gasteiger partial charge in [-0.3, -0.25) is 0 Å². The fraction of sp³-hybridized carbons (Fsp3) is 0.875. The molecule has 0 saturated carbocycles. The molecule has 1 saturated heterocycles. The summed E-state index contributed by atoms with van der Waals surface area (Å²) in [5.41, 5.74) is -0.494. The number of hydrogen-bond acceptors (Lipinski definition) is 5. The molecule has 1 aliphatic heterocycles. The minimum Gasteiger partial charge on any atom is -0.447 e. The third-order valence-corrected chi connectivity index (χ3v) is 3.53. The van der Waals surface area contributed by atoms with Crippen LogP contribution >= 0.6 is 0 Å². The van der Waals surface area contributed by atoms with Crippen molar-refractivity contribution in [3.05, 3.63) is 0 Å². The topological polar surface area (TPSA) is 68.3 Å². The summed E-state index contributed by atoms with van der Waals surface area (Å²) in [6, 6.07) is 0. The van der Waals surface area contributed by atoms with Gasteiger partial charge in [0.05, 0.1) is 6.61 Å². The van der Waals surface area contributed by atoms with E-state index in [2.05, 4.69) is 0 Å². The molecule has 1 rings (SSSR count). The lowest BCUT2D eigenvalue weighted by Crippen LogP contribution is -2.46. The third-order valence-electron chi connectivity index (χ3n) is 3.53. The molecular formula is C16H30N2O5. The van der Waals surface area contributed by atoms with Gasteiger partial charge in [-0.15, -0.1) is 0 Å². The number of piperidine rings is 1. The Balaban J connectivity index is 2.42. The molecule has 1 atom stereocenters. The van der Waals surface area contributed by atoms with Crippen LogP contribution in [0.15, 0.2) is 0 Å². The summed E-state index contributed by atoms with van der Waals surface area (Å²) in [5.74, 6) is 0.233. The quantitative estimate of drug-likeness (QED) is 0.724. The number of methoxy groups -OCH3 is 1. The van der Waals surface area contributed by atoms with Crippen LogP contribution in [0.5, 0.6) is 0 Å². The van der Waals surface area contributed by atoms with E-state index in [-0.39, 0.29) is 24.7 Å². The van der Waals surface area contributed by atoms with Crippen molar-refractivity contribution in [1.29, 1.82) is 0 Å². The zero-order valence-corrected chi connectivity index (χ0v) is 15.0. The van der Waals surface area contributed by atoms with Crippen LogP contribution in [0.4, 0.5) is 9.59 Å². The Bertz CT molecular complexity index is 394. The standard InChI is InChI=1S/C16H30N2O5/c1-16(2,3)23-15(20)18-8-6-7-13(12-18)11-17(4)14(19)22-10-9-21-5/h13H,6-12H2,1-5H3/t13-/m0/s1. The van der Waals surface area contributed by atoms with Crippen molar-refractivity contribution in [2.75, 3.05) is 47.0 Å². The Morgan fingerprint density at radius 2 is 1.96 bits per heavy atom. The zero-order chi connectivity index (χ0) is 17.5. The summed E-state index contributed by atoms with van der Waals surface area (Å²) < 4.78 is 15.3. The lowest BCUT2D eigenvalue weighted by molar-refractivity contribution is 0.0146. The first-order chi connectivity index (χ1) is 10.7. The van der Waals surface area contributed by atoms with Crippen LogP contribution in [-0.2, 0) is 14.2 Å². The van der Waals surface area contributed by atoms with Crippen molar-refractivity contribution in [3.63, 3.8) is 0 Å². The molecule has 0 N–H and O–H groups in total. The van der Waals surface area contributed by atoms with Crippen LogP contribution in [-0.4, -0.2) is 74.6 Å². The summed E-state index contributed by atoms with van der Waals surface area (Å²) in [6.45, 7) is 8.06. The molecular weight excluding hydrogens is 300 g/mol.